The summed E-state index contributed by atoms with van der Waals surface area (Å²) in [4.78, 5) is 74.4. The molecule has 0 bridgehead atoms. The third kappa shape index (κ3) is 13.7. The second-order valence-corrected chi connectivity index (χ2v) is 16.5. The highest BCUT2D eigenvalue weighted by Gasteiger charge is 2.43. The molecule has 56 heavy (non-hydrogen) atoms. The smallest absolute Gasteiger partial charge is 0.309 e. The molecule has 0 unspecified atom stereocenters. The van der Waals surface area contributed by atoms with Crippen LogP contribution in [0.2, 0.25) is 0 Å². The molecule has 2 N–H and O–H groups in total. The summed E-state index contributed by atoms with van der Waals surface area (Å²) in [5, 5.41) is 0. The van der Waals surface area contributed by atoms with Crippen molar-refractivity contribution in [3.05, 3.63) is 35.9 Å². The fraction of sp³-hybridized carbons (Fsp3) is 0.750. The van der Waals surface area contributed by atoms with Gasteiger partial charge < -0.3 is 29.7 Å². The number of esters is 1. The van der Waals surface area contributed by atoms with Gasteiger partial charge in [-0.05, 0) is 70.1 Å². The van der Waals surface area contributed by atoms with E-state index in [1.165, 1.54) is 7.11 Å². The van der Waals surface area contributed by atoms with E-state index in [-0.39, 0.29) is 66.6 Å². The second kappa shape index (κ2) is 24.6. The molecular formula is C44H74N4O8. The van der Waals surface area contributed by atoms with Gasteiger partial charge in [0.15, 0.2) is 5.78 Å². The van der Waals surface area contributed by atoms with Crippen LogP contribution in [0, 0.1) is 29.6 Å². The molecule has 1 saturated heterocycles. The van der Waals surface area contributed by atoms with Gasteiger partial charge in [0.2, 0.25) is 11.8 Å². The summed E-state index contributed by atoms with van der Waals surface area (Å²) in [6, 6.07) is 8.47. The maximum Gasteiger partial charge on any atom is 0.309 e. The van der Waals surface area contributed by atoms with Crippen molar-refractivity contribution < 1.29 is 38.2 Å². The molecule has 9 atom stereocenters. The van der Waals surface area contributed by atoms with Gasteiger partial charge in [0.1, 0.15) is 5.78 Å². The Bertz CT molecular complexity index is 1370. The number of nitrogens with zero attached hydrogens (tertiary/aromatic N) is 3. The van der Waals surface area contributed by atoms with E-state index in [1.807, 2.05) is 75.0 Å². The van der Waals surface area contributed by atoms with E-state index in [4.69, 9.17) is 19.9 Å². The second-order valence-electron chi connectivity index (χ2n) is 16.5. The maximum atomic E-state index is 14.4. The summed E-state index contributed by atoms with van der Waals surface area (Å²) in [5.74, 6) is -2.44. The monoisotopic (exact) mass is 787 g/mol. The largest absolute Gasteiger partial charge is 0.469 e. The first kappa shape index (κ1) is 49.0. The molecule has 1 heterocycles. The van der Waals surface area contributed by atoms with Crippen LogP contribution in [-0.2, 0) is 44.6 Å². The average molecular weight is 787 g/mol. The highest BCUT2D eigenvalue weighted by atomic mass is 16.5. The molecule has 1 aliphatic heterocycles. The molecule has 12 nitrogen and oxygen atoms in total. The number of likely N-dealkylation sites (N-methyl/N-ethyl adjacent to an activating group) is 2. The predicted molar refractivity (Wildman–Crippen MR) is 220 cm³/mol. The fourth-order valence-corrected chi connectivity index (χ4v) is 8.83. The van der Waals surface area contributed by atoms with Crippen molar-refractivity contribution in [1.29, 1.82) is 0 Å². The highest BCUT2D eigenvalue weighted by Crippen LogP contribution is 2.31. The standard InChI is InChI=1S/C44H74N4O8/c1-12-30(4)41(47(8)43(52)33(21-16-17-23-45)26-37(50)40(29(2)3)46(6)7)38(54-9)28-39(51)48-24-18-22-35(48)42(55-10)31(5)36(49)27-34(44(53)56-11)25-32-19-14-13-15-20-32/h13-15,19-20,29-31,33-35,38,40-42H,12,16-18,21-28,45H2,1-11H3/t30-,31-,33+,34+,35-,38+,40-,41-,42+/m0/s1. The topological polar surface area (TPSA) is 149 Å². The first-order valence-electron chi connectivity index (χ1n) is 20.7. The summed E-state index contributed by atoms with van der Waals surface area (Å²) >= 11 is 0. The average Bonchev–Trinajstić information content (AvgIpc) is 3.66. The Balaban J connectivity index is 2.30. The number of unbranched alkanes of at least 4 members (excludes halogenated alkanes) is 1. The van der Waals surface area contributed by atoms with Gasteiger partial charge in [0.05, 0.1) is 49.8 Å². The van der Waals surface area contributed by atoms with E-state index in [0.29, 0.717) is 32.4 Å². The van der Waals surface area contributed by atoms with Gasteiger partial charge in [-0.3, -0.25) is 28.9 Å². The molecule has 1 fully saturated rings. The minimum Gasteiger partial charge on any atom is -0.469 e. The van der Waals surface area contributed by atoms with Gasteiger partial charge in [-0.1, -0.05) is 77.8 Å². The van der Waals surface area contributed by atoms with Crippen molar-refractivity contribution in [2.24, 2.45) is 35.3 Å². The number of ether oxygens (including phenoxy) is 3. The number of hydrogen-bond donors (Lipinski definition) is 1. The molecule has 0 spiro atoms. The molecule has 12 heteroatoms. The zero-order chi connectivity index (χ0) is 42.1. The zero-order valence-electron chi connectivity index (χ0n) is 36.3. The minimum absolute atomic E-state index is 0.00194. The predicted octanol–water partition coefficient (Wildman–Crippen LogP) is 5.19. The number of carbonyl (C=O) groups is 5. The minimum atomic E-state index is -0.640. The van der Waals surface area contributed by atoms with Gasteiger partial charge in [-0.25, -0.2) is 0 Å². The molecule has 0 radical (unpaired) electrons. The van der Waals surface area contributed by atoms with Gasteiger partial charge in [-0.15, -0.1) is 0 Å². The summed E-state index contributed by atoms with van der Waals surface area (Å²) in [7, 11) is 10.0. The first-order valence-corrected chi connectivity index (χ1v) is 20.7. The van der Waals surface area contributed by atoms with E-state index in [1.54, 1.807) is 26.2 Å². The molecule has 1 aromatic rings. The number of ketones is 2. The summed E-state index contributed by atoms with van der Waals surface area (Å²) < 4.78 is 17.1. The number of benzene rings is 1. The van der Waals surface area contributed by atoms with Crippen LogP contribution >= 0.6 is 0 Å². The Morgan fingerprint density at radius 3 is 2.05 bits per heavy atom. The Kier molecular flexibility index (Phi) is 21.5. The van der Waals surface area contributed by atoms with Gasteiger partial charge in [0.25, 0.3) is 0 Å². The fourth-order valence-electron chi connectivity index (χ4n) is 8.83. The molecule has 1 aliphatic rings. The lowest BCUT2D eigenvalue weighted by Crippen LogP contribution is -2.54. The van der Waals surface area contributed by atoms with Crippen LogP contribution in [0.3, 0.4) is 0 Å². The van der Waals surface area contributed by atoms with Crippen molar-refractivity contribution in [3.63, 3.8) is 0 Å². The van der Waals surface area contributed by atoms with Crippen molar-refractivity contribution >= 4 is 29.4 Å². The van der Waals surface area contributed by atoms with Crippen molar-refractivity contribution in [3.8, 4) is 0 Å². The number of nitrogens with two attached hydrogens (primary N) is 1. The van der Waals surface area contributed by atoms with E-state index in [9.17, 15) is 24.0 Å². The van der Waals surface area contributed by atoms with Gasteiger partial charge in [0, 0.05) is 52.5 Å². The van der Waals surface area contributed by atoms with Crippen LogP contribution in [0.4, 0.5) is 0 Å². The molecule has 2 rings (SSSR count). The number of likely N-dealkylation sites (tertiary alicyclic amines) is 1. The SMILES string of the molecule is CC[C@H](C)[C@@H]([C@@H](CC(=O)N1CCC[C@H]1[C@H](OC)[C@@H](C)C(=O)C[C@@H](Cc1ccccc1)C(=O)OC)OC)N(C)C(=O)[C@H](CCCCN)CC(=O)[C@H](C(C)C)N(C)C. The Morgan fingerprint density at radius 2 is 1.52 bits per heavy atom. The molecule has 0 saturated carbocycles. The lowest BCUT2D eigenvalue weighted by atomic mass is 9.85. The summed E-state index contributed by atoms with van der Waals surface area (Å²) in [6.45, 7) is 11.0. The van der Waals surface area contributed by atoms with E-state index in [2.05, 4.69) is 13.8 Å². The normalized spacial score (nSPS) is 18.8. The van der Waals surface area contributed by atoms with Crippen molar-refractivity contribution in [2.45, 2.75) is 129 Å². The number of hydrogen-bond acceptors (Lipinski definition) is 10. The zero-order valence-corrected chi connectivity index (χ0v) is 36.3. The lowest BCUT2D eigenvalue weighted by molar-refractivity contribution is -0.149. The number of rotatable bonds is 26. The third-order valence-corrected chi connectivity index (χ3v) is 12.0. The number of methoxy groups -OCH3 is 3. The Labute approximate surface area is 337 Å². The molecule has 0 aromatic heterocycles. The molecule has 2 amide bonds. The van der Waals surface area contributed by atoms with Crippen LogP contribution in [0.25, 0.3) is 0 Å². The molecular weight excluding hydrogens is 713 g/mol. The highest BCUT2D eigenvalue weighted by molar-refractivity contribution is 5.90. The van der Waals surface area contributed by atoms with Crippen LogP contribution in [0.1, 0.15) is 98.0 Å². The number of carbonyl (C=O) groups excluding carboxylic acids is 5. The molecule has 1 aromatic carbocycles. The molecule has 0 aliphatic carbocycles. The molecule has 318 valence electrons. The van der Waals surface area contributed by atoms with Crippen molar-refractivity contribution in [1.82, 2.24) is 14.7 Å². The van der Waals surface area contributed by atoms with E-state index in [0.717, 1.165) is 31.2 Å². The maximum absolute atomic E-state index is 14.4. The van der Waals surface area contributed by atoms with Gasteiger partial charge >= 0.3 is 5.97 Å². The van der Waals surface area contributed by atoms with Crippen molar-refractivity contribution in [2.75, 3.05) is 55.6 Å². The van der Waals surface area contributed by atoms with Crippen LogP contribution in [-0.4, -0.2) is 130 Å². The Hall–Kier alpha value is -3.19. The van der Waals surface area contributed by atoms with Crippen LogP contribution in [0.15, 0.2) is 30.3 Å². The van der Waals surface area contributed by atoms with E-state index < -0.39 is 42.0 Å². The summed E-state index contributed by atoms with van der Waals surface area (Å²) in [6.07, 6.45) is 3.56. The van der Waals surface area contributed by atoms with Crippen LogP contribution in [0.5, 0.6) is 0 Å². The van der Waals surface area contributed by atoms with Gasteiger partial charge in [-0.2, -0.15) is 0 Å². The third-order valence-electron chi connectivity index (χ3n) is 12.0. The summed E-state index contributed by atoms with van der Waals surface area (Å²) in [5.41, 5.74) is 6.75. The quantitative estimate of drug-likeness (QED) is 0.0983. The van der Waals surface area contributed by atoms with E-state index >= 15 is 0 Å². The number of amides is 2. The lowest BCUT2D eigenvalue weighted by Gasteiger charge is -2.40. The first-order chi connectivity index (χ1) is 26.6. The number of Topliss-reactive ketones (excluding diaryl/α,β-unsaturated/α-hetero) is 2. The Morgan fingerprint density at radius 1 is 0.875 bits per heavy atom. The van der Waals surface area contributed by atoms with Crippen LogP contribution < -0.4 is 5.73 Å².